The van der Waals surface area contributed by atoms with Crippen molar-refractivity contribution in [1.82, 2.24) is 4.90 Å². The van der Waals surface area contributed by atoms with E-state index in [1.807, 2.05) is 24.3 Å². The predicted molar refractivity (Wildman–Crippen MR) is 77.7 cm³/mol. The van der Waals surface area contributed by atoms with Crippen molar-refractivity contribution in [2.75, 3.05) is 13.1 Å². The summed E-state index contributed by atoms with van der Waals surface area (Å²) in [7, 11) is 0. The molecule has 0 bridgehead atoms. The summed E-state index contributed by atoms with van der Waals surface area (Å²) < 4.78 is 0. The maximum absolute atomic E-state index is 9.28. The molecule has 0 saturated carbocycles. The van der Waals surface area contributed by atoms with E-state index in [4.69, 9.17) is 5.73 Å². The van der Waals surface area contributed by atoms with Gasteiger partial charge in [0.2, 0.25) is 0 Å². The van der Waals surface area contributed by atoms with E-state index in [1.165, 1.54) is 25.7 Å². The monoisotopic (exact) mass is 261 g/mol. The minimum Gasteiger partial charge on any atom is -0.392 e. The Balaban J connectivity index is 2.00. The van der Waals surface area contributed by atoms with Crippen LogP contribution in [0.1, 0.15) is 36.8 Å². The Morgan fingerprint density at radius 2 is 1.74 bits per heavy atom. The summed E-state index contributed by atoms with van der Waals surface area (Å²) in [5.41, 5.74) is 8.04. The summed E-state index contributed by atoms with van der Waals surface area (Å²) in [6.45, 7) is 2.61. The normalized spacial score (nSPS) is 17.3. The molecular weight excluding hydrogens is 238 g/mol. The van der Waals surface area contributed by atoms with Gasteiger partial charge in [0.1, 0.15) is 0 Å². The van der Waals surface area contributed by atoms with Crippen LogP contribution in [0.5, 0.6) is 0 Å². The summed E-state index contributed by atoms with van der Waals surface area (Å²) in [5.74, 6) is 0.634. The van der Waals surface area contributed by atoms with Crippen LogP contribution in [0.3, 0.4) is 0 Å². The molecule has 1 aliphatic heterocycles. The molecule has 0 unspecified atom stereocenters. The van der Waals surface area contributed by atoms with Crippen molar-refractivity contribution in [2.45, 2.75) is 38.8 Å². The minimum atomic E-state index is 0.0509. The fraction of sp³-hybridized carbons (Fsp3) is 0.533. The zero-order valence-electron chi connectivity index (χ0n) is 11.4. The average molecular weight is 261 g/mol. The molecule has 1 aromatic rings. The molecule has 0 radical (unpaired) electrons. The van der Waals surface area contributed by atoms with Gasteiger partial charge in [-0.3, -0.25) is 0 Å². The van der Waals surface area contributed by atoms with E-state index in [0.29, 0.717) is 12.5 Å². The van der Waals surface area contributed by atoms with Crippen molar-refractivity contribution in [3.63, 3.8) is 0 Å². The molecule has 1 heterocycles. The van der Waals surface area contributed by atoms with Gasteiger partial charge in [-0.15, -0.1) is 0 Å². The number of aliphatic hydroxyl groups is 1. The maximum atomic E-state index is 9.28. The topological polar surface area (TPSA) is 61.9 Å². The van der Waals surface area contributed by atoms with E-state index in [2.05, 4.69) is 9.89 Å². The third-order valence-corrected chi connectivity index (χ3v) is 3.63. The molecule has 19 heavy (non-hydrogen) atoms. The molecule has 1 aliphatic rings. The zero-order chi connectivity index (χ0) is 13.5. The van der Waals surface area contributed by atoms with Crippen LogP contribution in [0.25, 0.3) is 0 Å². The highest BCUT2D eigenvalue weighted by atomic mass is 16.3. The van der Waals surface area contributed by atoms with Crippen molar-refractivity contribution < 1.29 is 5.11 Å². The van der Waals surface area contributed by atoms with Gasteiger partial charge in [-0.2, -0.15) is 0 Å². The number of hydrogen-bond acceptors (Lipinski definition) is 2. The standard InChI is InChI=1S/C15H23N3O/c16-15(18-9-5-1-2-6-10-18)17-11-13-7-3-4-8-14(13)12-19/h3-4,7-8,19H,1-2,5-6,9-12H2,(H2,16,17). The number of guanidine groups is 1. The van der Waals surface area contributed by atoms with Gasteiger partial charge in [0.25, 0.3) is 0 Å². The van der Waals surface area contributed by atoms with E-state index in [-0.39, 0.29) is 6.61 Å². The SMILES string of the molecule is NC(=NCc1ccccc1CO)N1CCCCCC1. The Labute approximate surface area is 114 Å². The predicted octanol–water partition coefficient (Wildman–Crippen LogP) is 1.87. The Morgan fingerprint density at radius 1 is 1.11 bits per heavy atom. The molecule has 104 valence electrons. The molecule has 0 aromatic heterocycles. The lowest BCUT2D eigenvalue weighted by Gasteiger charge is -2.21. The molecule has 4 heteroatoms. The van der Waals surface area contributed by atoms with Gasteiger partial charge in [-0.25, -0.2) is 4.99 Å². The molecule has 0 amide bonds. The van der Waals surface area contributed by atoms with Crippen molar-refractivity contribution in [3.05, 3.63) is 35.4 Å². The zero-order valence-corrected chi connectivity index (χ0v) is 11.4. The van der Waals surface area contributed by atoms with Crippen LogP contribution in [-0.2, 0) is 13.2 Å². The molecular formula is C15H23N3O. The third kappa shape index (κ3) is 3.96. The number of rotatable bonds is 3. The van der Waals surface area contributed by atoms with Crippen LogP contribution in [0, 0.1) is 0 Å². The van der Waals surface area contributed by atoms with E-state index >= 15 is 0 Å². The molecule has 0 spiro atoms. The lowest BCUT2D eigenvalue weighted by atomic mass is 10.1. The summed E-state index contributed by atoms with van der Waals surface area (Å²) in [4.78, 5) is 6.65. The Kier molecular flexibility index (Phi) is 5.21. The van der Waals surface area contributed by atoms with Gasteiger partial charge < -0.3 is 15.7 Å². The number of hydrogen-bond donors (Lipinski definition) is 2. The Hall–Kier alpha value is -1.55. The first kappa shape index (κ1) is 13.9. The van der Waals surface area contributed by atoms with Crippen molar-refractivity contribution in [3.8, 4) is 0 Å². The first-order valence-corrected chi connectivity index (χ1v) is 7.04. The molecule has 1 saturated heterocycles. The molecule has 2 rings (SSSR count). The van der Waals surface area contributed by atoms with E-state index in [9.17, 15) is 5.11 Å². The Bertz CT molecular complexity index is 423. The van der Waals surface area contributed by atoms with E-state index in [1.54, 1.807) is 0 Å². The second-order valence-electron chi connectivity index (χ2n) is 5.00. The second-order valence-corrected chi connectivity index (χ2v) is 5.00. The minimum absolute atomic E-state index is 0.0509. The highest BCUT2D eigenvalue weighted by Crippen LogP contribution is 2.12. The number of aliphatic imine (C=N–C) groups is 1. The average Bonchev–Trinajstić information content (AvgIpc) is 2.74. The van der Waals surface area contributed by atoms with Crippen LogP contribution in [0.2, 0.25) is 0 Å². The third-order valence-electron chi connectivity index (χ3n) is 3.63. The maximum Gasteiger partial charge on any atom is 0.191 e. The highest BCUT2D eigenvalue weighted by molar-refractivity contribution is 5.78. The fourth-order valence-corrected chi connectivity index (χ4v) is 2.43. The van der Waals surface area contributed by atoms with Crippen LogP contribution < -0.4 is 5.73 Å². The first-order chi connectivity index (χ1) is 9.31. The number of nitrogens with two attached hydrogens (primary N) is 1. The summed E-state index contributed by atoms with van der Waals surface area (Å²) in [5, 5.41) is 9.28. The van der Waals surface area contributed by atoms with E-state index in [0.717, 1.165) is 24.2 Å². The van der Waals surface area contributed by atoms with Crippen LogP contribution >= 0.6 is 0 Å². The van der Waals surface area contributed by atoms with Crippen LogP contribution in [-0.4, -0.2) is 29.1 Å². The lowest BCUT2D eigenvalue weighted by molar-refractivity contribution is 0.280. The quantitative estimate of drug-likeness (QED) is 0.645. The fourth-order valence-electron chi connectivity index (χ4n) is 2.43. The molecule has 0 atom stereocenters. The lowest BCUT2D eigenvalue weighted by Crippen LogP contribution is -2.38. The van der Waals surface area contributed by atoms with Gasteiger partial charge in [-0.05, 0) is 24.0 Å². The first-order valence-electron chi connectivity index (χ1n) is 7.04. The second kappa shape index (κ2) is 7.14. The largest absolute Gasteiger partial charge is 0.392 e. The van der Waals surface area contributed by atoms with Crippen molar-refractivity contribution >= 4 is 5.96 Å². The van der Waals surface area contributed by atoms with Crippen LogP contribution in [0.4, 0.5) is 0 Å². The highest BCUT2D eigenvalue weighted by Gasteiger charge is 2.10. The van der Waals surface area contributed by atoms with Gasteiger partial charge in [-0.1, -0.05) is 37.1 Å². The summed E-state index contributed by atoms with van der Waals surface area (Å²) in [6, 6.07) is 7.81. The van der Waals surface area contributed by atoms with Gasteiger partial charge in [0.05, 0.1) is 13.2 Å². The number of benzene rings is 1. The van der Waals surface area contributed by atoms with E-state index < -0.39 is 0 Å². The van der Waals surface area contributed by atoms with Gasteiger partial charge >= 0.3 is 0 Å². The molecule has 3 N–H and O–H groups in total. The molecule has 0 aliphatic carbocycles. The Morgan fingerprint density at radius 3 is 2.37 bits per heavy atom. The smallest absolute Gasteiger partial charge is 0.191 e. The molecule has 1 fully saturated rings. The van der Waals surface area contributed by atoms with Crippen LogP contribution in [0.15, 0.2) is 29.3 Å². The molecule has 1 aromatic carbocycles. The van der Waals surface area contributed by atoms with Crippen molar-refractivity contribution in [1.29, 1.82) is 0 Å². The van der Waals surface area contributed by atoms with Gasteiger partial charge in [0.15, 0.2) is 5.96 Å². The summed E-state index contributed by atoms with van der Waals surface area (Å²) >= 11 is 0. The molecule has 4 nitrogen and oxygen atoms in total. The van der Waals surface area contributed by atoms with Crippen molar-refractivity contribution in [2.24, 2.45) is 10.7 Å². The summed E-state index contributed by atoms with van der Waals surface area (Å²) in [6.07, 6.45) is 4.97. The number of nitrogens with zero attached hydrogens (tertiary/aromatic N) is 2. The number of aliphatic hydroxyl groups excluding tert-OH is 1. The van der Waals surface area contributed by atoms with Gasteiger partial charge in [0, 0.05) is 13.1 Å². The number of likely N-dealkylation sites (tertiary alicyclic amines) is 1.